The van der Waals surface area contributed by atoms with E-state index in [1.54, 1.807) is 0 Å². The molecule has 1 heterocycles. The van der Waals surface area contributed by atoms with Gasteiger partial charge in [-0.3, -0.25) is 0 Å². The standard InChI is InChI=1S/C10H13N3/c1-2-8-6-12-9(13-8)10(7-11)4-3-5-10/h6H,2-5H2,1H3,(H,12,13). The first-order valence-electron chi connectivity index (χ1n) is 4.76. The summed E-state index contributed by atoms with van der Waals surface area (Å²) in [6.45, 7) is 2.08. The molecule has 1 aromatic heterocycles. The van der Waals surface area contributed by atoms with Crippen molar-refractivity contribution >= 4 is 0 Å². The smallest absolute Gasteiger partial charge is 0.126 e. The predicted molar refractivity (Wildman–Crippen MR) is 49.1 cm³/mol. The Morgan fingerprint density at radius 3 is 2.85 bits per heavy atom. The van der Waals surface area contributed by atoms with E-state index in [0.29, 0.717) is 0 Å². The van der Waals surface area contributed by atoms with E-state index >= 15 is 0 Å². The van der Waals surface area contributed by atoms with Gasteiger partial charge in [-0.05, 0) is 25.7 Å². The number of aromatic amines is 1. The summed E-state index contributed by atoms with van der Waals surface area (Å²) in [6.07, 6.45) is 5.86. The Morgan fingerprint density at radius 1 is 1.69 bits per heavy atom. The number of hydrogen-bond acceptors (Lipinski definition) is 2. The fourth-order valence-corrected chi connectivity index (χ4v) is 1.71. The number of H-pyrrole nitrogens is 1. The van der Waals surface area contributed by atoms with E-state index in [9.17, 15) is 0 Å². The Hall–Kier alpha value is -1.30. The summed E-state index contributed by atoms with van der Waals surface area (Å²) >= 11 is 0. The van der Waals surface area contributed by atoms with Crippen LogP contribution in [-0.4, -0.2) is 9.97 Å². The molecule has 1 saturated carbocycles. The predicted octanol–water partition coefficient (Wildman–Crippen LogP) is 1.92. The summed E-state index contributed by atoms with van der Waals surface area (Å²) in [7, 11) is 0. The third-order valence-corrected chi connectivity index (χ3v) is 2.88. The molecule has 0 aliphatic heterocycles. The Balaban J connectivity index is 2.29. The largest absolute Gasteiger partial charge is 0.345 e. The molecule has 68 valence electrons. The zero-order chi connectivity index (χ0) is 9.31. The summed E-state index contributed by atoms with van der Waals surface area (Å²) in [4.78, 5) is 7.50. The number of nitrogens with zero attached hydrogens (tertiary/aromatic N) is 2. The highest BCUT2D eigenvalue weighted by molar-refractivity contribution is 5.25. The van der Waals surface area contributed by atoms with E-state index in [1.807, 2.05) is 6.20 Å². The summed E-state index contributed by atoms with van der Waals surface area (Å²) in [5, 5.41) is 9.06. The third-order valence-electron chi connectivity index (χ3n) is 2.88. The summed E-state index contributed by atoms with van der Waals surface area (Å²) in [5.41, 5.74) is 0.837. The second-order valence-corrected chi connectivity index (χ2v) is 3.66. The van der Waals surface area contributed by atoms with Crippen molar-refractivity contribution in [3.63, 3.8) is 0 Å². The van der Waals surface area contributed by atoms with Gasteiger partial charge in [-0.25, -0.2) is 4.98 Å². The molecule has 1 aromatic rings. The van der Waals surface area contributed by atoms with Crippen molar-refractivity contribution in [1.29, 1.82) is 5.26 Å². The number of nitriles is 1. The van der Waals surface area contributed by atoms with Crippen molar-refractivity contribution < 1.29 is 0 Å². The molecule has 0 amide bonds. The van der Waals surface area contributed by atoms with Gasteiger partial charge in [0.2, 0.25) is 0 Å². The van der Waals surface area contributed by atoms with Gasteiger partial charge in [0, 0.05) is 11.9 Å². The molecule has 13 heavy (non-hydrogen) atoms. The minimum absolute atomic E-state index is 0.284. The van der Waals surface area contributed by atoms with Gasteiger partial charge in [0.25, 0.3) is 0 Å². The Bertz CT molecular complexity index is 341. The molecule has 1 aliphatic rings. The highest BCUT2D eigenvalue weighted by Crippen LogP contribution is 2.41. The second kappa shape index (κ2) is 2.88. The van der Waals surface area contributed by atoms with Crippen LogP contribution in [0.1, 0.15) is 37.7 Å². The van der Waals surface area contributed by atoms with Crippen LogP contribution in [0.2, 0.25) is 0 Å². The van der Waals surface area contributed by atoms with Crippen molar-refractivity contribution in [2.75, 3.05) is 0 Å². The van der Waals surface area contributed by atoms with Crippen LogP contribution in [0.15, 0.2) is 6.20 Å². The van der Waals surface area contributed by atoms with Gasteiger partial charge >= 0.3 is 0 Å². The molecule has 0 aromatic carbocycles. The fraction of sp³-hybridized carbons (Fsp3) is 0.600. The van der Waals surface area contributed by atoms with Crippen LogP contribution in [0.25, 0.3) is 0 Å². The Kier molecular flexibility index (Phi) is 1.84. The average Bonchev–Trinajstić information content (AvgIpc) is 2.52. The van der Waals surface area contributed by atoms with Gasteiger partial charge in [0.15, 0.2) is 0 Å². The lowest BCUT2D eigenvalue weighted by Crippen LogP contribution is -2.33. The van der Waals surface area contributed by atoms with Crippen molar-refractivity contribution in [1.82, 2.24) is 9.97 Å². The van der Waals surface area contributed by atoms with E-state index in [2.05, 4.69) is 23.0 Å². The van der Waals surface area contributed by atoms with Gasteiger partial charge in [0.05, 0.1) is 6.07 Å². The van der Waals surface area contributed by atoms with Gasteiger partial charge < -0.3 is 4.98 Å². The van der Waals surface area contributed by atoms with E-state index in [-0.39, 0.29) is 5.41 Å². The zero-order valence-electron chi connectivity index (χ0n) is 7.80. The lowest BCUT2D eigenvalue weighted by Gasteiger charge is -2.32. The maximum atomic E-state index is 9.06. The van der Waals surface area contributed by atoms with E-state index in [0.717, 1.165) is 37.2 Å². The van der Waals surface area contributed by atoms with Gasteiger partial charge in [-0.2, -0.15) is 5.26 Å². The van der Waals surface area contributed by atoms with Crippen molar-refractivity contribution in [3.8, 4) is 6.07 Å². The third kappa shape index (κ3) is 1.14. The van der Waals surface area contributed by atoms with Crippen LogP contribution in [0.3, 0.4) is 0 Å². The van der Waals surface area contributed by atoms with Crippen LogP contribution in [-0.2, 0) is 11.8 Å². The minimum atomic E-state index is -0.284. The maximum Gasteiger partial charge on any atom is 0.126 e. The number of hydrogen-bond donors (Lipinski definition) is 1. The van der Waals surface area contributed by atoms with E-state index in [1.165, 1.54) is 0 Å². The topological polar surface area (TPSA) is 52.5 Å². The molecule has 1 N–H and O–H groups in total. The first-order valence-corrected chi connectivity index (χ1v) is 4.76. The molecule has 0 unspecified atom stereocenters. The first kappa shape index (κ1) is 8.31. The van der Waals surface area contributed by atoms with E-state index in [4.69, 9.17) is 5.26 Å². The van der Waals surface area contributed by atoms with Crippen LogP contribution < -0.4 is 0 Å². The molecule has 2 rings (SSSR count). The van der Waals surface area contributed by atoms with Crippen molar-refractivity contribution in [3.05, 3.63) is 17.7 Å². The molecule has 3 heteroatoms. The molecular formula is C10H13N3. The number of aromatic nitrogens is 2. The molecule has 0 saturated heterocycles. The summed E-state index contributed by atoms with van der Waals surface area (Å²) in [6, 6.07) is 2.37. The average molecular weight is 175 g/mol. The van der Waals surface area contributed by atoms with Crippen LogP contribution in [0.5, 0.6) is 0 Å². The van der Waals surface area contributed by atoms with E-state index < -0.39 is 0 Å². The highest BCUT2D eigenvalue weighted by Gasteiger charge is 2.41. The molecular weight excluding hydrogens is 162 g/mol. The van der Waals surface area contributed by atoms with Gasteiger partial charge in [-0.1, -0.05) is 6.92 Å². The Labute approximate surface area is 77.8 Å². The first-order chi connectivity index (χ1) is 6.30. The fourth-order valence-electron chi connectivity index (χ4n) is 1.71. The molecule has 0 bridgehead atoms. The molecule has 1 fully saturated rings. The summed E-state index contributed by atoms with van der Waals surface area (Å²) < 4.78 is 0. The SMILES string of the molecule is CCc1cnc(C2(C#N)CCC2)[nH]1. The lowest BCUT2D eigenvalue weighted by molar-refractivity contribution is 0.309. The normalized spacial score (nSPS) is 19.1. The highest BCUT2D eigenvalue weighted by atomic mass is 14.9. The minimum Gasteiger partial charge on any atom is -0.345 e. The Morgan fingerprint density at radius 2 is 2.46 bits per heavy atom. The molecule has 0 radical (unpaired) electrons. The quantitative estimate of drug-likeness (QED) is 0.746. The van der Waals surface area contributed by atoms with Crippen LogP contribution in [0, 0.1) is 11.3 Å². The number of nitrogens with one attached hydrogen (secondary N) is 1. The molecule has 3 nitrogen and oxygen atoms in total. The van der Waals surface area contributed by atoms with Crippen molar-refractivity contribution in [2.24, 2.45) is 0 Å². The lowest BCUT2D eigenvalue weighted by atomic mass is 9.69. The van der Waals surface area contributed by atoms with Crippen LogP contribution in [0.4, 0.5) is 0 Å². The number of rotatable bonds is 2. The molecule has 1 aliphatic carbocycles. The van der Waals surface area contributed by atoms with Crippen molar-refractivity contribution in [2.45, 2.75) is 38.0 Å². The van der Waals surface area contributed by atoms with Crippen LogP contribution >= 0.6 is 0 Å². The zero-order valence-corrected chi connectivity index (χ0v) is 7.80. The number of aryl methyl sites for hydroxylation is 1. The maximum absolute atomic E-state index is 9.06. The van der Waals surface area contributed by atoms with Gasteiger partial charge in [0.1, 0.15) is 11.2 Å². The molecule has 0 spiro atoms. The number of imidazole rings is 1. The summed E-state index contributed by atoms with van der Waals surface area (Å²) in [5.74, 6) is 0.873. The van der Waals surface area contributed by atoms with Gasteiger partial charge in [-0.15, -0.1) is 0 Å². The molecule has 0 atom stereocenters. The monoisotopic (exact) mass is 175 g/mol. The second-order valence-electron chi connectivity index (χ2n) is 3.66.